The standard InChI is InChI=1S/C20H17Cl2N3O2/c1-27-17-7-2-14(3-8-17)4-9-20(26)23-19-10-11-25(24-19)13-15-5-6-16(21)12-18(15)22/h2-12H,13H2,1H3,(H,23,24,26)/b9-4+. The molecule has 7 heteroatoms. The van der Waals surface area contributed by atoms with Crippen LogP contribution in [0.15, 0.2) is 60.8 Å². The number of rotatable bonds is 6. The van der Waals surface area contributed by atoms with E-state index >= 15 is 0 Å². The molecule has 1 N–H and O–H groups in total. The number of nitrogens with zero attached hydrogens (tertiary/aromatic N) is 2. The summed E-state index contributed by atoms with van der Waals surface area (Å²) in [5.41, 5.74) is 1.79. The summed E-state index contributed by atoms with van der Waals surface area (Å²) < 4.78 is 6.80. The van der Waals surface area contributed by atoms with Crippen molar-refractivity contribution in [3.8, 4) is 5.75 Å². The van der Waals surface area contributed by atoms with E-state index in [1.807, 2.05) is 30.3 Å². The highest BCUT2D eigenvalue weighted by molar-refractivity contribution is 6.35. The summed E-state index contributed by atoms with van der Waals surface area (Å²) in [6.45, 7) is 0.480. The van der Waals surface area contributed by atoms with Crippen molar-refractivity contribution in [3.05, 3.63) is 82.0 Å². The average molecular weight is 402 g/mol. The highest BCUT2D eigenvalue weighted by Gasteiger charge is 2.06. The second kappa shape index (κ2) is 8.75. The molecule has 0 aliphatic rings. The van der Waals surface area contributed by atoms with Crippen LogP contribution < -0.4 is 10.1 Å². The lowest BCUT2D eigenvalue weighted by atomic mass is 10.2. The molecular weight excluding hydrogens is 385 g/mol. The number of hydrogen-bond acceptors (Lipinski definition) is 3. The molecule has 5 nitrogen and oxygen atoms in total. The molecule has 0 spiro atoms. The fourth-order valence-electron chi connectivity index (χ4n) is 2.40. The number of amides is 1. The quantitative estimate of drug-likeness (QED) is 0.597. The van der Waals surface area contributed by atoms with Crippen LogP contribution in [0.2, 0.25) is 10.0 Å². The largest absolute Gasteiger partial charge is 0.497 e. The van der Waals surface area contributed by atoms with Crippen LogP contribution in [0, 0.1) is 0 Å². The minimum Gasteiger partial charge on any atom is -0.497 e. The van der Waals surface area contributed by atoms with E-state index in [1.165, 1.54) is 6.08 Å². The highest BCUT2D eigenvalue weighted by atomic mass is 35.5. The van der Waals surface area contributed by atoms with Gasteiger partial charge in [0.15, 0.2) is 5.82 Å². The van der Waals surface area contributed by atoms with Crippen molar-refractivity contribution >= 4 is 41.0 Å². The molecule has 0 aliphatic heterocycles. The summed E-state index contributed by atoms with van der Waals surface area (Å²) in [5, 5.41) is 8.22. The number of anilines is 1. The Morgan fingerprint density at radius 2 is 1.96 bits per heavy atom. The lowest BCUT2D eigenvalue weighted by molar-refractivity contribution is -0.111. The number of benzene rings is 2. The second-order valence-electron chi connectivity index (χ2n) is 5.73. The van der Waals surface area contributed by atoms with E-state index in [2.05, 4.69) is 10.4 Å². The Morgan fingerprint density at radius 3 is 2.67 bits per heavy atom. The molecule has 1 aromatic heterocycles. The lowest BCUT2D eigenvalue weighted by Crippen LogP contribution is -2.09. The van der Waals surface area contributed by atoms with Gasteiger partial charge in [-0.05, 0) is 41.5 Å². The van der Waals surface area contributed by atoms with Gasteiger partial charge in [0.1, 0.15) is 5.75 Å². The Balaban J connectivity index is 1.59. The lowest BCUT2D eigenvalue weighted by Gasteiger charge is -2.05. The fourth-order valence-corrected chi connectivity index (χ4v) is 2.86. The molecule has 0 unspecified atom stereocenters. The van der Waals surface area contributed by atoms with Gasteiger partial charge in [-0.2, -0.15) is 5.10 Å². The third-order valence-electron chi connectivity index (χ3n) is 3.78. The minimum atomic E-state index is -0.263. The van der Waals surface area contributed by atoms with Gasteiger partial charge >= 0.3 is 0 Å². The van der Waals surface area contributed by atoms with E-state index in [9.17, 15) is 4.79 Å². The second-order valence-corrected chi connectivity index (χ2v) is 6.57. The van der Waals surface area contributed by atoms with Crippen LogP contribution >= 0.6 is 23.2 Å². The number of nitrogens with one attached hydrogen (secondary N) is 1. The van der Waals surface area contributed by atoms with E-state index < -0.39 is 0 Å². The average Bonchev–Trinajstić information content (AvgIpc) is 3.09. The van der Waals surface area contributed by atoms with Gasteiger partial charge in [-0.25, -0.2) is 0 Å². The van der Waals surface area contributed by atoms with Crippen molar-refractivity contribution in [2.45, 2.75) is 6.54 Å². The molecule has 0 bridgehead atoms. The molecular formula is C20H17Cl2N3O2. The van der Waals surface area contributed by atoms with Crippen LogP contribution in [0.4, 0.5) is 5.82 Å². The Kier molecular flexibility index (Phi) is 6.16. The van der Waals surface area contributed by atoms with Crippen LogP contribution in [-0.2, 0) is 11.3 Å². The number of carbonyl (C=O) groups excluding carboxylic acids is 1. The van der Waals surface area contributed by atoms with Gasteiger partial charge in [0.25, 0.3) is 0 Å². The molecule has 2 aromatic carbocycles. The Bertz CT molecular complexity index is 966. The number of methoxy groups -OCH3 is 1. The van der Waals surface area contributed by atoms with Crippen LogP contribution in [0.5, 0.6) is 5.75 Å². The predicted octanol–water partition coefficient (Wildman–Crippen LogP) is 4.90. The number of halogens is 2. The van der Waals surface area contributed by atoms with Crippen molar-refractivity contribution in [1.29, 1.82) is 0 Å². The van der Waals surface area contributed by atoms with Crippen molar-refractivity contribution in [2.24, 2.45) is 0 Å². The van der Waals surface area contributed by atoms with E-state index in [0.717, 1.165) is 16.9 Å². The number of aromatic nitrogens is 2. The van der Waals surface area contributed by atoms with Gasteiger partial charge in [0.2, 0.25) is 5.91 Å². The molecule has 0 saturated heterocycles. The summed E-state index contributed by atoms with van der Waals surface area (Å²) in [5.74, 6) is 0.966. The third kappa shape index (κ3) is 5.36. The molecule has 0 atom stereocenters. The Labute approximate surface area is 167 Å². The van der Waals surface area contributed by atoms with Crippen molar-refractivity contribution < 1.29 is 9.53 Å². The zero-order valence-electron chi connectivity index (χ0n) is 14.5. The molecule has 0 fully saturated rings. The molecule has 3 rings (SSSR count). The molecule has 1 heterocycles. The Morgan fingerprint density at radius 1 is 1.19 bits per heavy atom. The van der Waals surface area contributed by atoms with Gasteiger partial charge in [-0.1, -0.05) is 41.4 Å². The van der Waals surface area contributed by atoms with Crippen LogP contribution in [-0.4, -0.2) is 22.8 Å². The molecule has 1 amide bonds. The van der Waals surface area contributed by atoms with E-state index in [0.29, 0.717) is 22.4 Å². The van der Waals surface area contributed by atoms with Crippen molar-refractivity contribution in [2.75, 3.05) is 12.4 Å². The first kappa shape index (κ1) is 19.0. The van der Waals surface area contributed by atoms with Gasteiger partial charge in [-0.3, -0.25) is 9.48 Å². The monoisotopic (exact) mass is 401 g/mol. The van der Waals surface area contributed by atoms with Crippen LogP contribution in [0.25, 0.3) is 6.08 Å². The highest BCUT2D eigenvalue weighted by Crippen LogP contribution is 2.22. The third-order valence-corrected chi connectivity index (χ3v) is 4.37. The first-order valence-electron chi connectivity index (χ1n) is 8.14. The van der Waals surface area contributed by atoms with Crippen LogP contribution in [0.3, 0.4) is 0 Å². The molecule has 27 heavy (non-hydrogen) atoms. The first-order valence-corrected chi connectivity index (χ1v) is 8.89. The van der Waals surface area contributed by atoms with E-state index in [1.54, 1.807) is 42.3 Å². The number of ether oxygens (including phenoxy) is 1. The van der Waals surface area contributed by atoms with Gasteiger partial charge in [0, 0.05) is 28.4 Å². The summed E-state index contributed by atoms with van der Waals surface area (Å²) in [6.07, 6.45) is 4.95. The molecule has 0 aliphatic carbocycles. The van der Waals surface area contributed by atoms with Gasteiger partial charge < -0.3 is 10.1 Å². The summed E-state index contributed by atoms with van der Waals surface area (Å²) in [7, 11) is 1.61. The van der Waals surface area contributed by atoms with Crippen LogP contribution in [0.1, 0.15) is 11.1 Å². The maximum Gasteiger partial charge on any atom is 0.249 e. The summed E-state index contributed by atoms with van der Waals surface area (Å²) >= 11 is 12.1. The van der Waals surface area contributed by atoms with Gasteiger partial charge in [-0.15, -0.1) is 0 Å². The predicted molar refractivity (Wildman–Crippen MR) is 108 cm³/mol. The zero-order valence-corrected chi connectivity index (χ0v) is 16.0. The summed E-state index contributed by atoms with van der Waals surface area (Å²) in [4.78, 5) is 12.1. The summed E-state index contributed by atoms with van der Waals surface area (Å²) in [6, 6.07) is 14.4. The molecule has 0 saturated carbocycles. The number of hydrogen-bond donors (Lipinski definition) is 1. The maximum atomic E-state index is 12.1. The van der Waals surface area contributed by atoms with E-state index in [-0.39, 0.29) is 5.91 Å². The minimum absolute atomic E-state index is 0.263. The fraction of sp³-hybridized carbons (Fsp3) is 0.100. The molecule has 138 valence electrons. The zero-order chi connectivity index (χ0) is 19.2. The molecule has 0 radical (unpaired) electrons. The molecule has 3 aromatic rings. The van der Waals surface area contributed by atoms with Crippen molar-refractivity contribution in [3.63, 3.8) is 0 Å². The smallest absolute Gasteiger partial charge is 0.249 e. The van der Waals surface area contributed by atoms with Crippen molar-refractivity contribution in [1.82, 2.24) is 9.78 Å². The topological polar surface area (TPSA) is 56.1 Å². The number of carbonyl (C=O) groups is 1. The van der Waals surface area contributed by atoms with E-state index in [4.69, 9.17) is 27.9 Å². The SMILES string of the molecule is COc1ccc(/C=C/C(=O)Nc2ccn(Cc3ccc(Cl)cc3Cl)n2)cc1. The van der Waals surface area contributed by atoms with Gasteiger partial charge in [0.05, 0.1) is 13.7 Å². The first-order chi connectivity index (χ1) is 13.0. The maximum absolute atomic E-state index is 12.1. The normalized spacial score (nSPS) is 10.9. The Hall–Kier alpha value is -2.76.